The summed E-state index contributed by atoms with van der Waals surface area (Å²) < 4.78 is 0. The summed E-state index contributed by atoms with van der Waals surface area (Å²) in [6, 6.07) is 0.647. The molecular formula is C11H20N2OS. The maximum Gasteiger partial charge on any atom is 0.239 e. The van der Waals surface area contributed by atoms with Crippen LogP contribution >= 0.6 is 11.8 Å². The molecule has 4 heteroatoms. The molecule has 3 nitrogen and oxygen atoms in total. The first-order valence-electron chi connectivity index (χ1n) is 5.85. The largest absolute Gasteiger partial charge is 0.335 e. The van der Waals surface area contributed by atoms with Gasteiger partial charge in [0.1, 0.15) is 0 Å². The molecule has 1 amide bonds. The van der Waals surface area contributed by atoms with Crippen LogP contribution in [0.2, 0.25) is 0 Å². The average Bonchev–Trinajstić information content (AvgIpc) is 3.04. The molecule has 0 radical (unpaired) electrons. The van der Waals surface area contributed by atoms with Gasteiger partial charge in [-0.25, -0.2) is 0 Å². The number of amides is 1. The van der Waals surface area contributed by atoms with Gasteiger partial charge >= 0.3 is 0 Å². The molecule has 1 aliphatic heterocycles. The molecular weight excluding hydrogens is 208 g/mol. The number of thioether (sulfide) groups is 1. The van der Waals surface area contributed by atoms with E-state index in [0.717, 1.165) is 12.8 Å². The van der Waals surface area contributed by atoms with Gasteiger partial charge in [0.25, 0.3) is 0 Å². The Morgan fingerprint density at radius 2 is 1.80 bits per heavy atom. The van der Waals surface area contributed by atoms with Crippen LogP contribution < -0.4 is 5.73 Å². The zero-order valence-corrected chi connectivity index (χ0v) is 10.1. The van der Waals surface area contributed by atoms with Crippen LogP contribution in [0.5, 0.6) is 0 Å². The number of carbonyl (C=O) groups is 1. The molecule has 86 valence electrons. The number of hydrogen-bond acceptors (Lipinski definition) is 3. The molecule has 2 aliphatic rings. The molecule has 1 saturated carbocycles. The van der Waals surface area contributed by atoms with Gasteiger partial charge in [-0.05, 0) is 44.1 Å². The van der Waals surface area contributed by atoms with Crippen molar-refractivity contribution in [2.75, 3.05) is 11.5 Å². The number of nitrogens with two attached hydrogens (primary N) is 1. The summed E-state index contributed by atoms with van der Waals surface area (Å²) in [6.45, 7) is 1.80. The first kappa shape index (κ1) is 11.3. The fourth-order valence-corrected chi connectivity index (χ4v) is 3.29. The molecule has 1 atom stereocenters. The minimum absolute atomic E-state index is 0.161. The lowest BCUT2D eigenvalue weighted by Crippen LogP contribution is -2.49. The van der Waals surface area contributed by atoms with E-state index in [-0.39, 0.29) is 11.9 Å². The van der Waals surface area contributed by atoms with Crippen LogP contribution in [-0.2, 0) is 4.79 Å². The molecule has 0 spiro atoms. The van der Waals surface area contributed by atoms with Gasteiger partial charge in [0.15, 0.2) is 0 Å². The smallest absolute Gasteiger partial charge is 0.239 e. The molecule has 1 aliphatic carbocycles. The van der Waals surface area contributed by atoms with E-state index < -0.39 is 0 Å². The normalized spacial score (nSPS) is 24.9. The molecule has 15 heavy (non-hydrogen) atoms. The molecule has 2 rings (SSSR count). The molecule has 1 saturated heterocycles. The van der Waals surface area contributed by atoms with E-state index >= 15 is 0 Å². The highest BCUT2D eigenvalue weighted by atomic mass is 32.2. The summed E-state index contributed by atoms with van der Waals surface area (Å²) >= 11 is 2.00. The lowest BCUT2D eigenvalue weighted by molar-refractivity contribution is -0.135. The van der Waals surface area contributed by atoms with E-state index in [0.29, 0.717) is 12.1 Å². The van der Waals surface area contributed by atoms with Crippen LogP contribution in [0.3, 0.4) is 0 Å². The summed E-state index contributed by atoms with van der Waals surface area (Å²) in [5.74, 6) is 2.55. The van der Waals surface area contributed by atoms with Crippen molar-refractivity contribution < 1.29 is 4.79 Å². The van der Waals surface area contributed by atoms with E-state index in [1.54, 1.807) is 6.92 Å². The van der Waals surface area contributed by atoms with Crippen LogP contribution in [0.15, 0.2) is 0 Å². The van der Waals surface area contributed by atoms with Crippen LogP contribution in [0.4, 0.5) is 0 Å². The van der Waals surface area contributed by atoms with Crippen molar-refractivity contribution in [3.8, 4) is 0 Å². The predicted octanol–water partition coefficient (Wildman–Crippen LogP) is 1.22. The van der Waals surface area contributed by atoms with E-state index in [1.807, 2.05) is 11.8 Å². The third kappa shape index (κ3) is 2.67. The van der Waals surface area contributed by atoms with Gasteiger partial charge < -0.3 is 10.6 Å². The van der Waals surface area contributed by atoms with Crippen LogP contribution in [-0.4, -0.2) is 40.4 Å². The third-order valence-corrected chi connectivity index (χ3v) is 4.22. The predicted molar refractivity (Wildman–Crippen MR) is 63.9 cm³/mol. The Kier molecular flexibility index (Phi) is 3.57. The van der Waals surface area contributed by atoms with Gasteiger partial charge in [-0.2, -0.15) is 11.8 Å². The van der Waals surface area contributed by atoms with E-state index in [2.05, 4.69) is 4.90 Å². The molecule has 0 aromatic heterocycles. The van der Waals surface area contributed by atoms with Crippen LogP contribution in [0, 0.1) is 0 Å². The minimum atomic E-state index is -0.333. The first-order chi connectivity index (χ1) is 7.20. The van der Waals surface area contributed by atoms with Crippen molar-refractivity contribution in [1.82, 2.24) is 4.90 Å². The van der Waals surface area contributed by atoms with Crippen molar-refractivity contribution >= 4 is 17.7 Å². The van der Waals surface area contributed by atoms with Gasteiger partial charge in [-0.1, -0.05) is 0 Å². The first-order valence-corrected chi connectivity index (χ1v) is 7.01. The van der Waals surface area contributed by atoms with Gasteiger partial charge in [0, 0.05) is 12.1 Å². The fraction of sp³-hybridized carbons (Fsp3) is 0.909. The number of hydrogen-bond donors (Lipinski definition) is 1. The Hall–Kier alpha value is -0.220. The topological polar surface area (TPSA) is 46.3 Å². The summed E-state index contributed by atoms with van der Waals surface area (Å²) in [5.41, 5.74) is 5.71. The number of carbonyl (C=O) groups excluding carboxylic acids is 1. The van der Waals surface area contributed by atoms with E-state index in [4.69, 9.17) is 5.73 Å². The Bertz CT molecular complexity index is 235. The lowest BCUT2D eigenvalue weighted by atomic mass is 10.1. The lowest BCUT2D eigenvalue weighted by Gasteiger charge is -2.35. The molecule has 1 heterocycles. The summed E-state index contributed by atoms with van der Waals surface area (Å²) in [6.07, 6.45) is 4.67. The van der Waals surface area contributed by atoms with Crippen molar-refractivity contribution in [3.05, 3.63) is 0 Å². The Morgan fingerprint density at radius 3 is 2.27 bits per heavy atom. The number of nitrogens with zero attached hydrogens (tertiary/aromatic N) is 1. The highest BCUT2D eigenvalue weighted by Crippen LogP contribution is 2.33. The second-order valence-corrected chi connectivity index (χ2v) is 5.83. The molecule has 1 unspecified atom stereocenters. The third-order valence-electron chi connectivity index (χ3n) is 3.17. The molecule has 2 N–H and O–H groups in total. The van der Waals surface area contributed by atoms with Crippen molar-refractivity contribution in [2.45, 2.75) is 50.7 Å². The fourth-order valence-electron chi connectivity index (χ4n) is 2.21. The highest BCUT2D eigenvalue weighted by molar-refractivity contribution is 7.99. The highest BCUT2D eigenvalue weighted by Gasteiger charge is 2.38. The molecule has 2 fully saturated rings. The zero-order chi connectivity index (χ0) is 10.8. The Morgan fingerprint density at radius 1 is 1.27 bits per heavy atom. The summed E-state index contributed by atoms with van der Waals surface area (Å²) in [4.78, 5) is 14.1. The zero-order valence-electron chi connectivity index (χ0n) is 9.32. The van der Waals surface area contributed by atoms with Gasteiger partial charge in [0.2, 0.25) is 5.91 Å². The molecule has 0 aromatic carbocycles. The van der Waals surface area contributed by atoms with Gasteiger partial charge in [-0.15, -0.1) is 0 Å². The molecule has 0 aromatic rings. The van der Waals surface area contributed by atoms with Gasteiger partial charge in [0.05, 0.1) is 6.04 Å². The monoisotopic (exact) mass is 228 g/mol. The van der Waals surface area contributed by atoms with E-state index in [1.165, 1.54) is 24.3 Å². The quantitative estimate of drug-likeness (QED) is 0.790. The molecule has 0 bridgehead atoms. The Labute approximate surface area is 95.8 Å². The van der Waals surface area contributed by atoms with Crippen molar-refractivity contribution in [3.63, 3.8) is 0 Å². The Balaban J connectivity index is 2.01. The standard InChI is InChI=1S/C11H20N2OS/c1-8(12)11(14)13(9-2-3-9)10-4-6-15-7-5-10/h8-10H,2-7,12H2,1H3. The minimum Gasteiger partial charge on any atom is -0.335 e. The second-order valence-electron chi connectivity index (χ2n) is 4.61. The van der Waals surface area contributed by atoms with Crippen molar-refractivity contribution in [1.29, 1.82) is 0 Å². The maximum absolute atomic E-state index is 12.0. The van der Waals surface area contributed by atoms with Crippen molar-refractivity contribution in [2.24, 2.45) is 5.73 Å². The van der Waals surface area contributed by atoms with E-state index in [9.17, 15) is 4.79 Å². The van der Waals surface area contributed by atoms with Crippen LogP contribution in [0.25, 0.3) is 0 Å². The summed E-state index contributed by atoms with van der Waals surface area (Å²) in [5, 5.41) is 0. The second kappa shape index (κ2) is 4.74. The van der Waals surface area contributed by atoms with Gasteiger partial charge in [-0.3, -0.25) is 4.79 Å². The van der Waals surface area contributed by atoms with Crippen LogP contribution in [0.1, 0.15) is 32.6 Å². The summed E-state index contributed by atoms with van der Waals surface area (Å²) in [7, 11) is 0. The number of rotatable bonds is 3. The SMILES string of the molecule is CC(N)C(=O)N(C1CCSCC1)C1CC1. The average molecular weight is 228 g/mol. The maximum atomic E-state index is 12.0.